The Bertz CT molecular complexity index is 332. The molecule has 1 aliphatic carbocycles. The van der Waals surface area contributed by atoms with Crippen LogP contribution in [0.25, 0.3) is 0 Å². The van der Waals surface area contributed by atoms with Crippen LogP contribution in [0.4, 0.5) is 5.82 Å². The second-order valence-electron chi connectivity index (χ2n) is 4.68. The van der Waals surface area contributed by atoms with Gasteiger partial charge in [-0.1, -0.05) is 6.92 Å². The van der Waals surface area contributed by atoms with Crippen LogP contribution in [-0.4, -0.2) is 18.1 Å². The topological polar surface area (TPSA) is 34.1 Å². The molecule has 3 nitrogen and oxygen atoms in total. The summed E-state index contributed by atoms with van der Waals surface area (Å²) >= 11 is 0. The number of methoxy groups -OCH3 is 1. The van der Waals surface area contributed by atoms with Crippen LogP contribution >= 0.6 is 0 Å². The Labute approximate surface area is 97.2 Å². The van der Waals surface area contributed by atoms with E-state index < -0.39 is 0 Å². The van der Waals surface area contributed by atoms with Crippen LogP contribution in [-0.2, 0) is 0 Å². The van der Waals surface area contributed by atoms with Crippen molar-refractivity contribution in [2.75, 3.05) is 12.4 Å². The molecule has 0 aliphatic heterocycles. The van der Waals surface area contributed by atoms with Crippen molar-refractivity contribution < 1.29 is 4.74 Å². The van der Waals surface area contributed by atoms with Crippen LogP contribution in [0.15, 0.2) is 18.3 Å². The maximum Gasteiger partial charge on any atom is 0.129 e. The third-order valence-corrected chi connectivity index (χ3v) is 3.33. The maximum atomic E-state index is 5.18. The van der Waals surface area contributed by atoms with Crippen molar-refractivity contribution in [1.82, 2.24) is 4.98 Å². The number of nitrogens with zero attached hydrogens (tertiary/aromatic N) is 1. The lowest BCUT2D eigenvalue weighted by Gasteiger charge is -2.27. The molecule has 1 heterocycles. The normalized spacial score (nSPS) is 25.1. The lowest BCUT2D eigenvalue weighted by Crippen LogP contribution is -2.25. The molecule has 0 unspecified atom stereocenters. The van der Waals surface area contributed by atoms with E-state index in [0.717, 1.165) is 17.5 Å². The molecule has 3 heteroatoms. The second-order valence-corrected chi connectivity index (χ2v) is 4.68. The van der Waals surface area contributed by atoms with Gasteiger partial charge in [-0.25, -0.2) is 4.98 Å². The third kappa shape index (κ3) is 2.87. The zero-order valence-electron chi connectivity index (χ0n) is 10.1. The summed E-state index contributed by atoms with van der Waals surface area (Å²) in [5.74, 6) is 2.68. The highest BCUT2D eigenvalue weighted by Gasteiger charge is 2.18. The van der Waals surface area contributed by atoms with Gasteiger partial charge in [0.15, 0.2) is 0 Å². The van der Waals surface area contributed by atoms with Crippen molar-refractivity contribution in [2.45, 2.75) is 38.6 Å². The highest BCUT2D eigenvalue weighted by molar-refractivity contribution is 5.41. The molecule has 88 valence electrons. The van der Waals surface area contributed by atoms with Crippen LogP contribution < -0.4 is 10.1 Å². The summed E-state index contributed by atoms with van der Waals surface area (Å²) in [6.07, 6.45) is 6.93. The molecule has 2 rings (SSSR count). The van der Waals surface area contributed by atoms with Crippen molar-refractivity contribution in [1.29, 1.82) is 0 Å². The van der Waals surface area contributed by atoms with E-state index in [1.165, 1.54) is 25.7 Å². The number of nitrogens with one attached hydrogen (secondary N) is 1. The summed E-state index contributed by atoms with van der Waals surface area (Å²) in [7, 11) is 1.68. The number of pyridine rings is 1. The smallest absolute Gasteiger partial charge is 0.129 e. The van der Waals surface area contributed by atoms with E-state index in [1.807, 2.05) is 12.1 Å². The third-order valence-electron chi connectivity index (χ3n) is 3.33. The van der Waals surface area contributed by atoms with E-state index in [2.05, 4.69) is 17.2 Å². The lowest BCUT2D eigenvalue weighted by molar-refractivity contribution is 0.360. The minimum atomic E-state index is 0.579. The van der Waals surface area contributed by atoms with Crippen LogP contribution in [0.3, 0.4) is 0 Å². The largest absolute Gasteiger partial charge is 0.497 e. The summed E-state index contributed by atoms with van der Waals surface area (Å²) in [5, 5.41) is 3.49. The van der Waals surface area contributed by atoms with Gasteiger partial charge in [-0.15, -0.1) is 0 Å². The van der Waals surface area contributed by atoms with Crippen molar-refractivity contribution in [3.63, 3.8) is 0 Å². The predicted octanol–water partition coefficient (Wildman–Crippen LogP) is 3.08. The first-order valence-corrected chi connectivity index (χ1v) is 6.04. The van der Waals surface area contributed by atoms with Gasteiger partial charge in [0.2, 0.25) is 0 Å². The molecular formula is C13H20N2O. The number of hydrogen-bond acceptors (Lipinski definition) is 3. The number of anilines is 1. The van der Waals surface area contributed by atoms with E-state index in [0.29, 0.717) is 6.04 Å². The zero-order valence-corrected chi connectivity index (χ0v) is 10.1. The molecule has 0 atom stereocenters. The first kappa shape index (κ1) is 11.2. The number of hydrogen-bond donors (Lipinski definition) is 1. The van der Waals surface area contributed by atoms with E-state index in [9.17, 15) is 0 Å². The van der Waals surface area contributed by atoms with Crippen molar-refractivity contribution in [3.05, 3.63) is 18.3 Å². The Kier molecular flexibility index (Phi) is 3.65. The molecule has 0 bridgehead atoms. The molecular weight excluding hydrogens is 200 g/mol. The summed E-state index contributed by atoms with van der Waals surface area (Å²) in [6, 6.07) is 4.41. The SMILES string of the molecule is COc1ccnc(NC2CCC(C)CC2)c1. The minimum Gasteiger partial charge on any atom is -0.497 e. The quantitative estimate of drug-likeness (QED) is 0.850. The van der Waals surface area contributed by atoms with Gasteiger partial charge in [-0.3, -0.25) is 0 Å². The molecule has 0 spiro atoms. The molecule has 1 N–H and O–H groups in total. The van der Waals surface area contributed by atoms with Crippen LogP contribution in [0.2, 0.25) is 0 Å². The fraction of sp³-hybridized carbons (Fsp3) is 0.615. The summed E-state index contributed by atoms with van der Waals surface area (Å²) < 4.78 is 5.18. The average molecular weight is 220 g/mol. The minimum absolute atomic E-state index is 0.579. The number of aromatic nitrogens is 1. The van der Waals surface area contributed by atoms with Crippen molar-refractivity contribution >= 4 is 5.82 Å². The Morgan fingerprint density at radius 1 is 1.31 bits per heavy atom. The molecule has 0 saturated heterocycles. The van der Waals surface area contributed by atoms with E-state index >= 15 is 0 Å². The Morgan fingerprint density at radius 3 is 2.75 bits per heavy atom. The summed E-state index contributed by atoms with van der Waals surface area (Å²) in [4.78, 5) is 4.31. The number of ether oxygens (including phenoxy) is 1. The van der Waals surface area contributed by atoms with Crippen molar-refractivity contribution in [2.24, 2.45) is 5.92 Å². The van der Waals surface area contributed by atoms with Gasteiger partial charge in [-0.2, -0.15) is 0 Å². The van der Waals surface area contributed by atoms with Gasteiger partial charge in [-0.05, 0) is 37.7 Å². The van der Waals surface area contributed by atoms with Crippen LogP contribution in [0.1, 0.15) is 32.6 Å². The Balaban J connectivity index is 1.93. The fourth-order valence-electron chi connectivity index (χ4n) is 2.23. The molecule has 1 saturated carbocycles. The first-order chi connectivity index (χ1) is 7.78. The van der Waals surface area contributed by atoms with Gasteiger partial charge < -0.3 is 10.1 Å². The van der Waals surface area contributed by atoms with Crippen LogP contribution in [0.5, 0.6) is 5.75 Å². The van der Waals surface area contributed by atoms with Gasteiger partial charge in [0, 0.05) is 18.3 Å². The highest BCUT2D eigenvalue weighted by Crippen LogP contribution is 2.26. The van der Waals surface area contributed by atoms with Gasteiger partial charge >= 0.3 is 0 Å². The Morgan fingerprint density at radius 2 is 2.06 bits per heavy atom. The lowest BCUT2D eigenvalue weighted by atomic mass is 9.87. The first-order valence-electron chi connectivity index (χ1n) is 6.04. The van der Waals surface area contributed by atoms with Gasteiger partial charge in [0.05, 0.1) is 7.11 Å². The van der Waals surface area contributed by atoms with E-state index in [4.69, 9.17) is 4.74 Å². The Hall–Kier alpha value is -1.25. The van der Waals surface area contributed by atoms with Crippen LogP contribution in [0, 0.1) is 5.92 Å². The molecule has 1 aromatic rings. The standard InChI is InChI=1S/C13H20N2O/c1-10-3-5-11(6-4-10)15-13-9-12(16-2)7-8-14-13/h7-11H,3-6H2,1-2H3,(H,14,15). The summed E-state index contributed by atoms with van der Waals surface area (Å²) in [5.41, 5.74) is 0. The van der Waals surface area contributed by atoms with Crippen molar-refractivity contribution in [3.8, 4) is 5.75 Å². The fourth-order valence-corrected chi connectivity index (χ4v) is 2.23. The monoisotopic (exact) mass is 220 g/mol. The average Bonchev–Trinajstić information content (AvgIpc) is 2.32. The highest BCUT2D eigenvalue weighted by atomic mass is 16.5. The predicted molar refractivity (Wildman–Crippen MR) is 65.8 cm³/mol. The molecule has 1 aliphatic rings. The van der Waals surface area contributed by atoms with E-state index in [-0.39, 0.29) is 0 Å². The molecule has 0 amide bonds. The summed E-state index contributed by atoms with van der Waals surface area (Å²) in [6.45, 7) is 2.33. The van der Waals surface area contributed by atoms with Gasteiger partial charge in [0.1, 0.15) is 11.6 Å². The molecule has 0 radical (unpaired) electrons. The maximum absolute atomic E-state index is 5.18. The number of rotatable bonds is 3. The van der Waals surface area contributed by atoms with Gasteiger partial charge in [0.25, 0.3) is 0 Å². The molecule has 1 fully saturated rings. The second kappa shape index (κ2) is 5.19. The molecule has 0 aromatic carbocycles. The van der Waals surface area contributed by atoms with E-state index in [1.54, 1.807) is 13.3 Å². The molecule has 1 aromatic heterocycles. The zero-order chi connectivity index (χ0) is 11.4. The molecule has 16 heavy (non-hydrogen) atoms.